The minimum atomic E-state index is -0.157. The van der Waals surface area contributed by atoms with Gasteiger partial charge in [-0.3, -0.25) is 0 Å². The van der Waals surface area contributed by atoms with Crippen LogP contribution in [-0.2, 0) is 0 Å². The third-order valence-electron chi connectivity index (χ3n) is 19.2. The van der Waals surface area contributed by atoms with Gasteiger partial charge in [-0.05, 0) is 134 Å². The Morgan fingerprint density at radius 3 is 1.27 bits per heavy atom. The first kappa shape index (κ1) is 49.6. The summed E-state index contributed by atoms with van der Waals surface area (Å²) in [5.74, 6) is 0. The molecule has 0 bridgehead atoms. The van der Waals surface area contributed by atoms with E-state index in [2.05, 4.69) is 340 Å². The predicted octanol–water partition coefficient (Wildman–Crippen LogP) is 19.9. The Labute approximate surface area is 515 Å². The molecule has 3 aromatic heterocycles. The van der Waals surface area contributed by atoms with E-state index in [0.717, 1.165) is 61.8 Å². The van der Waals surface area contributed by atoms with E-state index >= 15 is 0 Å². The third-order valence-corrected chi connectivity index (χ3v) is 19.2. The molecule has 0 amide bonds. The number of hydrogen-bond acceptors (Lipinski definition) is 1. The lowest BCUT2D eigenvalue weighted by Gasteiger charge is -2.42. The Bertz CT molecular complexity index is 5590. The average molecular weight is 1130 g/mol. The highest BCUT2D eigenvalue weighted by Crippen LogP contribution is 2.52. The van der Waals surface area contributed by atoms with E-state index < -0.39 is 0 Å². The smallest absolute Gasteiger partial charge is 0.252 e. The zero-order valence-corrected chi connectivity index (χ0v) is 48.5. The number of rotatable bonds is 8. The molecule has 2 aliphatic rings. The fourth-order valence-corrected chi connectivity index (χ4v) is 15.4. The van der Waals surface area contributed by atoms with Gasteiger partial charge in [0.1, 0.15) is 0 Å². The standard InChI is InChI=1S/C84H53BN4/c1-6-22-54(23-7-1)57-40-44-59(45-41-57)64-34-20-35-65(60-46-42-58(43-47-60)55-24-8-2-9-25-55)83(64)89-77-52-69-66-32-16-18-38-72(66)87(63-30-14-5-15-31-63)76(69)53-71(77)85-70-37-21-36-68-81-75(88(84(68)70)78-50-61(51-79(89)82(78)85)56-26-10-3-11-27-56)49-48-74-80(81)67-33-17-19-39-73(67)86(74)62-28-12-4-13-29-62/h1-53H. The van der Waals surface area contributed by atoms with Crippen molar-refractivity contribution in [3.05, 3.63) is 322 Å². The van der Waals surface area contributed by atoms with Crippen LogP contribution in [0.15, 0.2) is 322 Å². The number of nitrogens with zero attached hydrogens (tertiary/aromatic N) is 4. The van der Waals surface area contributed by atoms with Crippen molar-refractivity contribution in [2.45, 2.75) is 0 Å². The Kier molecular flexibility index (Phi) is 10.8. The van der Waals surface area contributed by atoms with E-state index in [4.69, 9.17) is 0 Å². The highest BCUT2D eigenvalue weighted by atomic mass is 15.2. The normalized spacial score (nSPS) is 12.4. The first-order chi connectivity index (χ1) is 44.2. The van der Waals surface area contributed by atoms with Gasteiger partial charge in [0.05, 0.1) is 33.3 Å². The molecule has 19 rings (SSSR count). The Hall–Kier alpha value is -11.7. The number of fused-ring (bicyclic) bond motifs is 14. The van der Waals surface area contributed by atoms with Crippen LogP contribution in [0.1, 0.15) is 0 Å². The van der Waals surface area contributed by atoms with Gasteiger partial charge in [0.25, 0.3) is 6.71 Å². The molecule has 0 N–H and O–H groups in total. The van der Waals surface area contributed by atoms with Crippen LogP contribution in [-0.4, -0.2) is 20.4 Å². The molecular weight excluding hydrogens is 1080 g/mol. The molecule has 412 valence electrons. The number of hydrogen-bond donors (Lipinski definition) is 0. The summed E-state index contributed by atoms with van der Waals surface area (Å²) >= 11 is 0. The van der Waals surface area contributed by atoms with Gasteiger partial charge in [-0.1, -0.05) is 249 Å². The summed E-state index contributed by atoms with van der Waals surface area (Å²) in [5.41, 5.74) is 29.6. The molecule has 0 saturated carbocycles. The zero-order valence-electron chi connectivity index (χ0n) is 48.5. The van der Waals surface area contributed by atoms with Crippen molar-refractivity contribution in [3.63, 3.8) is 0 Å². The van der Waals surface area contributed by atoms with Crippen LogP contribution in [0.4, 0.5) is 17.1 Å². The van der Waals surface area contributed by atoms with Crippen molar-refractivity contribution in [1.82, 2.24) is 13.7 Å². The maximum atomic E-state index is 2.69. The molecule has 0 fully saturated rings. The minimum absolute atomic E-state index is 0.157. The van der Waals surface area contributed by atoms with Gasteiger partial charge in [0.2, 0.25) is 0 Å². The van der Waals surface area contributed by atoms with Gasteiger partial charge in [0, 0.05) is 77.4 Å². The highest BCUT2D eigenvalue weighted by Gasteiger charge is 2.44. The van der Waals surface area contributed by atoms with Gasteiger partial charge in [0.15, 0.2) is 0 Å². The van der Waals surface area contributed by atoms with Crippen molar-refractivity contribution in [2.75, 3.05) is 4.90 Å². The largest absolute Gasteiger partial charge is 0.310 e. The Balaban J connectivity index is 0.973. The van der Waals surface area contributed by atoms with Crippen LogP contribution in [0.5, 0.6) is 0 Å². The molecule has 0 unspecified atom stereocenters. The van der Waals surface area contributed by atoms with Crippen LogP contribution < -0.4 is 21.3 Å². The average Bonchev–Trinajstić information content (AvgIpc) is 1.63. The van der Waals surface area contributed by atoms with Crippen LogP contribution in [0.2, 0.25) is 0 Å². The summed E-state index contributed by atoms with van der Waals surface area (Å²) in [4.78, 5) is 2.69. The molecule has 4 nitrogen and oxygen atoms in total. The predicted molar refractivity (Wildman–Crippen MR) is 376 cm³/mol. The summed E-state index contributed by atoms with van der Waals surface area (Å²) < 4.78 is 7.60. The molecule has 0 saturated heterocycles. The van der Waals surface area contributed by atoms with E-state index in [9.17, 15) is 0 Å². The van der Waals surface area contributed by atoms with Gasteiger partial charge in [-0.15, -0.1) is 0 Å². The van der Waals surface area contributed by atoms with Crippen molar-refractivity contribution >= 4 is 106 Å². The second-order valence-corrected chi connectivity index (χ2v) is 23.9. The van der Waals surface area contributed by atoms with E-state index in [1.54, 1.807) is 0 Å². The molecule has 0 atom stereocenters. The Morgan fingerprint density at radius 1 is 0.236 bits per heavy atom. The fraction of sp³-hybridized carbons (Fsp3) is 0. The molecule has 14 aromatic carbocycles. The summed E-state index contributed by atoms with van der Waals surface area (Å²) in [6.45, 7) is -0.157. The molecule has 5 heterocycles. The molecule has 0 spiro atoms. The number of anilines is 3. The topological polar surface area (TPSA) is 18.0 Å². The van der Waals surface area contributed by atoms with Crippen LogP contribution in [0.3, 0.4) is 0 Å². The first-order valence-electron chi connectivity index (χ1n) is 30.9. The van der Waals surface area contributed by atoms with Crippen molar-refractivity contribution < 1.29 is 0 Å². The van der Waals surface area contributed by atoms with Crippen LogP contribution in [0, 0.1) is 0 Å². The monoisotopic (exact) mass is 1130 g/mol. The van der Waals surface area contributed by atoms with E-state index in [0.29, 0.717) is 0 Å². The maximum absolute atomic E-state index is 2.69. The van der Waals surface area contributed by atoms with Gasteiger partial charge < -0.3 is 18.6 Å². The fourth-order valence-electron chi connectivity index (χ4n) is 15.4. The molecule has 89 heavy (non-hydrogen) atoms. The minimum Gasteiger partial charge on any atom is -0.310 e. The molecule has 5 heteroatoms. The summed E-state index contributed by atoms with van der Waals surface area (Å²) in [7, 11) is 0. The third kappa shape index (κ3) is 7.37. The lowest BCUT2D eigenvalue weighted by Crippen LogP contribution is -2.60. The van der Waals surface area contributed by atoms with E-state index in [-0.39, 0.29) is 6.71 Å². The van der Waals surface area contributed by atoms with Crippen LogP contribution in [0.25, 0.3) is 138 Å². The summed E-state index contributed by atoms with van der Waals surface area (Å²) in [5, 5.41) is 7.45. The van der Waals surface area contributed by atoms with Crippen molar-refractivity contribution in [2.24, 2.45) is 0 Å². The lowest BCUT2D eigenvalue weighted by atomic mass is 9.33. The van der Waals surface area contributed by atoms with Crippen LogP contribution >= 0.6 is 0 Å². The summed E-state index contributed by atoms with van der Waals surface area (Å²) in [6.07, 6.45) is 0. The second kappa shape index (κ2) is 19.4. The quantitative estimate of drug-likeness (QED) is 0.139. The Morgan fingerprint density at radius 2 is 0.674 bits per heavy atom. The molecule has 2 aliphatic heterocycles. The number of para-hydroxylation sites is 6. The SMILES string of the molecule is c1ccc(-c2ccc(-c3cccc(-c4ccc(-c5ccccc5)cc4)c3N3c4cc5c6ccccc6n(-c6ccccc6)c5cc4B4c5c3cc(-c3ccccc3)cc5-n3c5ccc6c(c7ccccc7n6-c6ccccc6)c5c5cccc4c53)cc2)cc1. The number of benzene rings is 14. The molecule has 17 aromatic rings. The van der Waals surface area contributed by atoms with Crippen molar-refractivity contribution in [3.8, 4) is 72.7 Å². The zero-order chi connectivity index (χ0) is 58.3. The highest BCUT2D eigenvalue weighted by molar-refractivity contribution is 7.00. The van der Waals surface area contributed by atoms with E-state index in [1.807, 2.05) is 0 Å². The lowest BCUT2D eigenvalue weighted by molar-refractivity contribution is 1.17. The molecule has 0 radical (unpaired) electrons. The van der Waals surface area contributed by atoms with Gasteiger partial charge in [-0.25, -0.2) is 0 Å². The van der Waals surface area contributed by atoms with Gasteiger partial charge >= 0.3 is 0 Å². The van der Waals surface area contributed by atoms with Gasteiger partial charge in [-0.2, -0.15) is 0 Å². The number of aromatic nitrogens is 3. The second-order valence-electron chi connectivity index (χ2n) is 23.9. The summed E-state index contributed by atoms with van der Waals surface area (Å²) in [6, 6.07) is 120. The maximum Gasteiger partial charge on any atom is 0.252 e. The first-order valence-corrected chi connectivity index (χ1v) is 30.9. The van der Waals surface area contributed by atoms with Crippen molar-refractivity contribution in [1.29, 1.82) is 0 Å². The molecular formula is C84H53BN4. The molecule has 0 aliphatic carbocycles. The van der Waals surface area contributed by atoms with E-state index in [1.165, 1.54) is 110 Å².